The first-order valence-electron chi connectivity index (χ1n) is 5.98. The van der Waals surface area contributed by atoms with Gasteiger partial charge in [0.2, 0.25) is 5.91 Å². The average Bonchev–Trinajstić information content (AvgIpc) is 2.35. The van der Waals surface area contributed by atoms with Crippen molar-refractivity contribution in [3.8, 4) is 0 Å². The van der Waals surface area contributed by atoms with Crippen LogP contribution < -0.4 is 16.2 Å². The van der Waals surface area contributed by atoms with E-state index in [9.17, 15) is 14.9 Å². The summed E-state index contributed by atoms with van der Waals surface area (Å²) >= 11 is 4.94. The summed E-state index contributed by atoms with van der Waals surface area (Å²) in [6, 6.07) is 5.79. The summed E-state index contributed by atoms with van der Waals surface area (Å²) in [5.74, 6) is 0.0865. The number of nitrogens with one attached hydrogen (secondary N) is 3. The Bertz CT molecular complexity index is 502. The van der Waals surface area contributed by atoms with Crippen LogP contribution in [0.1, 0.15) is 20.3 Å². The molecule has 1 amide bonds. The lowest BCUT2D eigenvalue weighted by atomic mass is 10.1. The Labute approximate surface area is 121 Å². The number of amides is 1. The van der Waals surface area contributed by atoms with Crippen LogP contribution in [-0.2, 0) is 4.79 Å². The minimum Gasteiger partial charge on any atom is -0.302 e. The molecule has 0 saturated heterocycles. The van der Waals surface area contributed by atoms with Gasteiger partial charge in [-0.1, -0.05) is 13.8 Å². The number of carbonyl (C=O) groups excluding carboxylic acids is 1. The Morgan fingerprint density at radius 3 is 2.45 bits per heavy atom. The predicted octanol–water partition coefficient (Wildman–Crippen LogP) is 1.96. The van der Waals surface area contributed by atoms with Crippen molar-refractivity contribution in [2.45, 2.75) is 20.3 Å². The number of benzene rings is 1. The van der Waals surface area contributed by atoms with Crippen LogP contribution in [0.4, 0.5) is 11.4 Å². The molecule has 0 aliphatic heterocycles. The number of nitro benzene ring substituents is 1. The first-order valence-corrected chi connectivity index (χ1v) is 6.39. The first-order chi connectivity index (χ1) is 9.38. The zero-order valence-corrected chi connectivity index (χ0v) is 12.0. The fraction of sp³-hybridized carbons (Fsp3) is 0.333. The molecule has 0 saturated carbocycles. The third-order valence-corrected chi connectivity index (χ3v) is 2.45. The predicted molar refractivity (Wildman–Crippen MR) is 80.1 cm³/mol. The van der Waals surface area contributed by atoms with Gasteiger partial charge in [0.1, 0.15) is 0 Å². The molecular weight excluding hydrogens is 280 g/mol. The third-order valence-electron chi connectivity index (χ3n) is 2.25. The maximum Gasteiger partial charge on any atom is 0.269 e. The Hall–Kier alpha value is -2.22. The van der Waals surface area contributed by atoms with Gasteiger partial charge in [-0.3, -0.25) is 25.8 Å². The van der Waals surface area contributed by atoms with Crippen molar-refractivity contribution in [3.63, 3.8) is 0 Å². The van der Waals surface area contributed by atoms with E-state index in [4.69, 9.17) is 12.2 Å². The van der Waals surface area contributed by atoms with Gasteiger partial charge in [0.25, 0.3) is 5.69 Å². The molecular formula is C12H16N4O3S. The number of nitrogens with zero attached hydrogens (tertiary/aromatic N) is 1. The van der Waals surface area contributed by atoms with Gasteiger partial charge in [-0.25, -0.2) is 0 Å². The lowest BCUT2D eigenvalue weighted by Gasteiger charge is -2.12. The van der Waals surface area contributed by atoms with E-state index >= 15 is 0 Å². The zero-order valence-electron chi connectivity index (χ0n) is 11.2. The third kappa shape index (κ3) is 5.61. The Kier molecular flexibility index (Phi) is 5.85. The summed E-state index contributed by atoms with van der Waals surface area (Å²) in [6.45, 7) is 3.87. The monoisotopic (exact) mass is 296 g/mol. The van der Waals surface area contributed by atoms with E-state index in [1.54, 1.807) is 0 Å². The van der Waals surface area contributed by atoms with E-state index < -0.39 is 4.92 Å². The van der Waals surface area contributed by atoms with E-state index in [0.717, 1.165) is 0 Å². The Morgan fingerprint density at radius 1 is 1.35 bits per heavy atom. The highest BCUT2D eigenvalue weighted by Gasteiger charge is 2.07. The van der Waals surface area contributed by atoms with Crippen LogP contribution in [0, 0.1) is 16.0 Å². The number of non-ortho nitro benzene ring substituents is 1. The second-order valence-electron chi connectivity index (χ2n) is 4.53. The molecule has 0 radical (unpaired) electrons. The molecule has 8 heteroatoms. The van der Waals surface area contributed by atoms with Crippen molar-refractivity contribution in [2.75, 3.05) is 5.43 Å². The number of thiocarbonyl (C=S) groups is 1. The molecule has 1 aromatic carbocycles. The van der Waals surface area contributed by atoms with E-state index in [2.05, 4.69) is 16.2 Å². The largest absolute Gasteiger partial charge is 0.302 e. The molecule has 0 aliphatic rings. The van der Waals surface area contributed by atoms with Gasteiger partial charge in [-0.05, 0) is 30.3 Å². The molecule has 1 aromatic rings. The molecule has 3 N–H and O–H groups in total. The molecule has 0 heterocycles. The Balaban J connectivity index is 2.41. The van der Waals surface area contributed by atoms with E-state index in [0.29, 0.717) is 12.1 Å². The van der Waals surface area contributed by atoms with Crippen molar-refractivity contribution >= 4 is 34.6 Å². The summed E-state index contributed by atoms with van der Waals surface area (Å²) in [4.78, 5) is 21.5. The molecule has 7 nitrogen and oxygen atoms in total. The normalized spacial score (nSPS) is 9.95. The number of anilines is 1. The van der Waals surface area contributed by atoms with Crippen molar-refractivity contribution in [1.29, 1.82) is 0 Å². The van der Waals surface area contributed by atoms with Crippen molar-refractivity contribution in [3.05, 3.63) is 34.4 Å². The molecule has 0 aromatic heterocycles. The fourth-order valence-electron chi connectivity index (χ4n) is 1.38. The topological polar surface area (TPSA) is 96.3 Å². The highest BCUT2D eigenvalue weighted by Crippen LogP contribution is 2.14. The standard InChI is InChI=1S/C12H16N4O3S/c1-8(2)7-11(17)13-12(20)15-14-9-3-5-10(6-4-9)16(18)19/h3-6,8,14H,7H2,1-2H3,(H2,13,15,17,20). The van der Waals surface area contributed by atoms with Crippen LogP contribution in [-0.4, -0.2) is 15.9 Å². The number of rotatable bonds is 5. The smallest absolute Gasteiger partial charge is 0.269 e. The maximum atomic E-state index is 11.5. The molecule has 0 spiro atoms. The number of carbonyl (C=O) groups is 1. The van der Waals surface area contributed by atoms with Crippen LogP contribution >= 0.6 is 12.2 Å². The molecule has 0 aliphatic carbocycles. The van der Waals surface area contributed by atoms with Gasteiger partial charge in [0.05, 0.1) is 10.6 Å². The van der Waals surface area contributed by atoms with Gasteiger partial charge in [-0.15, -0.1) is 0 Å². The number of hydrogen-bond acceptors (Lipinski definition) is 5. The summed E-state index contributed by atoms with van der Waals surface area (Å²) in [5.41, 5.74) is 5.97. The molecule has 108 valence electrons. The Morgan fingerprint density at radius 2 is 1.95 bits per heavy atom. The number of nitro groups is 1. The molecule has 0 bridgehead atoms. The van der Waals surface area contributed by atoms with Crippen LogP contribution in [0.5, 0.6) is 0 Å². The first kappa shape index (κ1) is 15.8. The van der Waals surface area contributed by atoms with E-state index in [1.165, 1.54) is 24.3 Å². The van der Waals surface area contributed by atoms with Gasteiger partial charge in [-0.2, -0.15) is 0 Å². The average molecular weight is 296 g/mol. The van der Waals surface area contributed by atoms with Crippen LogP contribution in [0.15, 0.2) is 24.3 Å². The van der Waals surface area contributed by atoms with Gasteiger partial charge >= 0.3 is 0 Å². The van der Waals surface area contributed by atoms with E-state index in [1.807, 2.05) is 13.8 Å². The van der Waals surface area contributed by atoms with Crippen LogP contribution in [0.3, 0.4) is 0 Å². The van der Waals surface area contributed by atoms with E-state index in [-0.39, 0.29) is 22.6 Å². The van der Waals surface area contributed by atoms with Crippen molar-refractivity contribution in [2.24, 2.45) is 5.92 Å². The minimum absolute atomic E-state index is 0.00311. The van der Waals surface area contributed by atoms with Crippen LogP contribution in [0.25, 0.3) is 0 Å². The quantitative estimate of drug-likeness (QED) is 0.436. The maximum absolute atomic E-state index is 11.5. The van der Waals surface area contributed by atoms with Gasteiger partial charge in [0.15, 0.2) is 5.11 Å². The minimum atomic E-state index is -0.478. The second-order valence-corrected chi connectivity index (χ2v) is 4.94. The van der Waals surface area contributed by atoms with Crippen LogP contribution in [0.2, 0.25) is 0 Å². The lowest BCUT2D eigenvalue weighted by molar-refractivity contribution is -0.384. The van der Waals surface area contributed by atoms with Gasteiger partial charge < -0.3 is 5.32 Å². The SMILES string of the molecule is CC(C)CC(=O)NC(=S)NNc1ccc([N+](=O)[O-])cc1. The second kappa shape index (κ2) is 7.39. The van der Waals surface area contributed by atoms with Crippen molar-refractivity contribution in [1.82, 2.24) is 10.7 Å². The summed E-state index contributed by atoms with van der Waals surface area (Å²) < 4.78 is 0. The lowest BCUT2D eigenvalue weighted by Crippen LogP contribution is -2.42. The molecule has 1 rings (SSSR count). The molecule has 0 fully saturated rings. The molecule has 0 atom stereocenters. The van der Waals surface area contributed by atoms with Crippen molar-refractivity contribution < 1.29 is 9.72 Å². The highest BCUT2D eigenvalue weighted by molar-refractivity contribution is 7.80. The number of hydrogen-bond donors (Lipinski definition) is 3. The summed E-state index contributed by atoms with van der Waals surface area (Å²) in [7, 11) is 0. The fourth-order valence-corrected chi connectivity index (χ4v) is 1.54. The van der Waals surface area contributed by atoms with Gasteiger partial charge in [0, 0.05) is 18.6 Å². The zero-order chi connectivity index (χ0) is 15.1. The molecule has 0 unspecified atom stereocenters. The molecule has 20 heavy (non-hydrogen) atoms. The summed E-state index contributed by atoms with van der Waals surface area (Å²) in [5, 5.41) is 13.2. The summed E-state index contributed by atoms with van der Waals surface area (Å²) in [6.07, 6.45) is 0.388. The number of hydrazine groups is 1. The highest BCUT2D eigenvalue weighted by atomic mass is 32.1.